The molecular weight excluding hydrogens is 254 g/mol. The third-order valence-electron chi connectivity index (χ3n) is 3.12. The van der Waals surface area contributed by atoms with Gasteiger partial charge in [-0.15, -0.1) is 0 Å². The number of nitrogens with two attached hydrogens (primary N) is 1. The van der Waals surface area contributed by atoms with Crippen LogP contribution in [0.4, 0.5) is 17.2 Å². The lowest BCUT2D eigenvalue weighted by Crippen LogP contribution is -2.08. The zero-order chi connectivity index (χ0) is 14.7. The summed E-state index contributed by atoms with van der Waals surface area (Å²) in [6.07, 6.45) is 2.29. The van der Waals surface area contributed by atoms with Crippen molar-refractivity contribution in [2.45, 2.75) is 20.3 Å². The zero-order valence-corrected chi connectivity index (χ0v) is 11.5. The topological polar surface area (TPSA) is 88.2 Å². The SMILES string of the molecule is CCc1cccc(C)c1Nc1ncc(N)cc1C(=O)O. The molecule has 5 nitrogen and oxygen atoms in total. The van der Waals surface area contributed by atoms with Gasteiger partial charge >= 0.3 is 5.97 Å². The number of nitrogen functional groups attached to an aromatic ring is 1. The standard InChI is InChI=1S/C15H17N3O2/c1-3-10-6-4-5-9(2)13(10)18-14-12(15(19)20)7-11(16)8-17-14/h4-8H,3,16H2,1-2H3,(H,17,18)(H,19,20). The van der Waals surface area contributed by atoms with E-state index in [1.165, 1.54) is 12.3 Å². The number of aromatic carboxylic acids is 1. The van der Waals surface area contributed by atoms with E-state index in [9.17, 15) is 9.90 Å². The number of carboxylic acid groups (broad SMARTS) is 1. The molecule has 0 fully saturated rings. The van der Waals surface area contributed by atoms with Gasteiger partial charge in [-0.2, -0.15) is 0 Å². The summed E-state index contributed by atoms with van der Waals surface area (Å²) < 4.78 is 0. The Bertz CT molecular complexity index is 654. The maximum atomic E-state index is 11.3. The number of pyridine rings is 1. The average molecular weight is 271 g/mol. The molecule has 5 heteroatoms. The van der Waals surface area contributed by atoms with Crippen LogP contribution in [0.25, 0.3) is 0 Å². The molecule has 0 atom stereocenters. The van der Waals surface area contributed by atoms with E-state index < -0.39 is 5.97 Å². The quantitative estimate of drug-likeness (QED) is 0.795. The van der Waals surface area contributed by atoms with E-state index in [1.807, 2.05) is 25.1 Å². The fraction of sp³-hybridized carbons (Fsp3) is 0.200. The molecular formula is C15H17N3O2. The molecule has 0 aliphatic rings. The van der Waals surface area contributed by atoms with Crippen molar-refractivity contribution in [3.8, 4) is 0 Å². The summed E-state index contributed by atoms with van der Waals surface area (Å²) in [6, 6.07) is 7.36. The van der Waals surface area contributed by atoms with Gasteiger partial charge in [0, 0.05) is 5.69 Å². The molecule has 0 spiro atoms. The highest BCUT2D eigenvalue weighted by Gasteiger charge is 2.14. The van der Waals surface area contributed by atoms with E-state index in [-0.39, 0.29) is 5.56 Å². The molecule has 0 radical (unpaired) electrons. The Balaban J connectivity index is 2.48. The largest absolute Gasteiger partial charge is 0.478 e. The van der Waals surface area contributed by atoms with E-state index in [0.29, 0.717) is 11.5 Å². The summed E-state index contributed by atoms with van der Waals surface area (Å²) in [5.41, 5.74) is 9.03. The second-order valence-electron chi connectivity index (χ2n) is 4.56. The van der Waals surface area contributed by atoms with Crippen molar-refractivity contribution in [1.82, 2.24) is 4.98 Å². The number of aromatic nitrogens is 1. The first kappa shape index (κ1) is 13.9. The predicted molar refractivity (Wildman–Crippen MR) is 79.4 cm³/mol. The highest BCUT2D eigenvalue weighted by atomic mass is 16.4. The summed E-state index contributed by atoms with van der Waals surface area (Å²) in [7, 11) is 0. The monoisotopic (exact) mass is 271 g/mol. The molecule has 2 aromatic rings. The normalized spacial score (nSPS) is 10.3. The number of nitrogens with zero attached hydrogens (tertiary/aromatic N) is 1. The maximum absolute atomic E-state index is 11.3. The molecule has 0 aliphatic heterocycles. The summed E-state index contributed by atoms with van der Waals surface area (Å²) in [4.78, 5) is 15.4. The molecule has 0 saturated heterocycles. The number of benzene rings is 1. The zero-order valence-electron chi connectivity index (χ0n) is 11.5. The van der Waals surface area contributed by atoms with Crippen molar-refractivity contribution in [1.29, 1.82) is 0 Å². The first-order valence-electron chi connectivity index (χ1n) is 6.37. The minimum Gasteiger partial charge on any atom is -0.478 e. The Morgan fingerprint density at radius 3 is 2.85 bits per heavy atom. The van der Waals surface area contributed by atoms with Gasteiger partial charge in [0.2, 0.25) is 0 Å². The smallest absolute Gasteiger partial charge is 0.339 e. The first-order chi connectivity index (χ1) is 9.52. The van der Waals surface area contributed by atoms with Crippen LogP contribution in [-0.4, -0.2) is 16.1 Å². The van der Waals surface area contributed by atoms with Crippen molar-refractivity contribution < 1.29 is 9.90 Å². The number of anilines is 3. The van der Waals surface area contributed by atoms with Crippen LogP contribution in [0.5, 0.6) is 0 Å². The van der Waals surface area contributed by atoms with Crippen LogP contribution in [0, 0.1) is 6.92 Å². The molecule has 0 unspecified atom stereocenters. The number of hydrogen-bond acceptors (Lipinski definition) is 4. The second-order valence-corrected chi connectivity index (χ2v) is 4.56. The third kappa shape index (κ3) is 2.71. The summed E-state index contributed by atoms with van der Waals surface area (Å²) >= 11 is 0. The van der Waals surface area contributed by atoms with Crippen LogP contribution < -0.4 is 11.1 Å². The number of carboxylic acids is 1. The van der Waals surface area contributed by atoms with Crippen LogP contribution in [-0.2, 0) is 6.42 Å². The van der Waals surface area contributed by atoms with E-state index in [0.717, 1.165) is 23.2 Å². The molecule has 1 heterocycles. The summed E-state index contributed by atoms with van der Waals surface area (Å²) in [5.74, 6) is -0.755. The highest BCUT2D eigenvalue weighted by Crippen LogP contribution is 2.26. The number of para-hydroxylation sites is 1. The van der Waals surface area contributed by atoms with Crippen molar-refractivity contribution >= 4 is 23.2 Å². The Hall–Kier alpha value is -2.56. The fourth-order valence-corrected chi connectivity index (χ4v) is 2.06. The van der Waals surface area contributed by atoms with Gasteiger partial charge in [0.05, 0.1) is 11.9 Å². The molecule has 0 amide bonds. The van der Waals surface area contributed by atoms with E-state index in [2.05, 4.69) is 17.2 Å². The lowest BCUT2D eigenvalue weighted by atomic mass is 10.1. The van der Waals surface area contributed by atoms with E-state index >= 15 is 0 Å². The number of carbonyl (C=O) groups is 1. The van der Waals surface area contributed by atoms with Gasteiger partial charge in [-0.3, -0.25) is 0 Å². The maximum Gasteiger partial charge on any atom is 0.339 e. The second kappa shape index (κ2) is 5.61. The number of nitrogens with one attached hydrogen (secondary N) is 1. The van der Waals surface area contributed by atoms with Crippen molar-refractivity contribution in [3.05, 3.63) is 47.2 Å². The van der Waals surface area contributed by atoms with Gasteiger partial charge in [-0.1, -0.05) is 25.1 Å². The van der Waals surface area contributed by atoms with Crippen LogP contribution in [0.3, 0.4) is 0 Å². The minimum absolute atomic E-state index is 0.0651. The van der Waals surface area contributed by atoms with Gasteiger partial charge in [-0.25, -0.2) is 9.78 Å². The molecule has 4 N–H and O–H groups in total. The van der Waals surface area contributed by atoms with Crippen molar-refractivity contribution in [2.24, 2.45) is 0 Å². The third-order valence-corrected chi connectivity index (χ3v) is 3.12. The lowest BCUT2D eigenvalue weighted by molar-refractivity contribution is 0.0697. The molecule has 0 bridgehead atoms. The van der Waals surface area contributed by atoms with Gasteiger partial charge in [0.15, 0.2) is 0 Å². The molecule has 1 aromatic heterocycles. The Labute approximate surface area is 117 Å². The minimum atomic E-state index is -1.06. The Morgan fingerprint density at radius 2 is 2.20 bits per heavy atom. The molecule has 2 rings (SSSR count). The summed E-state index contributed by atoms with van der Waals surface area (Å²) in [5, 5.41) is 12.3. The molecule has 0 saturated carbocycles. The Morgan fingerprint density at radius 1 is 1.45 bits per heavy atom. The van der Waals surface area contributed by atoms with Gasteiger partial charge in [0.1, 0.15) is 11.4 Å². The first-order valence-corrected chi connectivity index (χ1v) is 6.37. The van der Waals surface area contributed by atoms with Gasteiger partial charge in [0.25, 0.3) is 0 Å². The van der Waals surface area contributed by atoms with Crippen molar-refractivity contribution in [2.75, 3.05) is 11.1 Å². The van der Waals surface area contributed by atoms with Crippen molar-refractivity contribution in [3.63, 3.8) is 0 Å². The van der Waals surface area contributed by atoms with E-state index in [4.69, 9.17) is 5.73 Å². The summed E-state index contributed by atoms with van der Waals surface area (Å²) in [6.45, 7) is 4.02. The van der Waals surface area contributed by atoms with Crippen LogP contribution >= 0.6 is 0 Å². The number of hydrogen-bond donors (Lipinski definition) is 3. The van der Waals surface area contributed by atoms with E-state index in [1.54, 1.807) is 0 Å². The van der Waals surface area contributed by atoms with Gasteiger partial charge in [-0.05, 0) is 30.5 Å². The van der Waals surface area contributed by atoms with Crippen LogP contribution in [0.1, 0.15) is 28.4 Å². The Kier molecular flexibility index (Phi) is 3.89. The lowest BCUT2D eigenvalue weighted by Gasteiger charge is -2.15. The predicted octanol–water partition coefficient (Wildman–Crippen LogP) is 2.98. The van der Waals surface area contributed by atoms with Crippen LogP contribution in [0.2, 0.25) is 0 Å². The average Bonchev–Trinajstić information content (AvgIpc) is 2.42. The molecule has 0 aliphatic carbocycles. The number of aryl methyl sites for hydroxylation is 2. The fourth-order valence-electron chi connectivity index (χ4n) is 2.06. The van der Waals surface area contributed by atoms with Gasteiger partial charge < -0.3 is 16.2 Å². The molecule has 1 aromatic carbocycles. The van der Waals surface area contributed by atoms with Crippen LogP contribution in [0.15, 0.2) is 30.5 Å². The molecule has 20 heavy (non-hydrogen) atoms. The molecule has 104 valence electrons. The highest BCUT2D eigenvalue weighted by molar-refractivity contribution is 5.95. The number of rotatable bonds is 4.